The van der Waals surface area contributed by atoms with Crippen molar-refractivity contribution < 1.29 is 19.2 Å². The molecule has 124 valence electrons. The Morgan fingerprint density at radius 2 is 1.87 bits per heavy atom. The van der Waals surface area contributed by atoms with Gasteiger partial charge in [-0.2, -0.15) is 0 Å². The fraction of sp³-hybridized carbons (Fsp3) is 0.588. The zero-order valence-electron chi connectivity index (χ0n) is 14.2. The number of aryl methyl sites for hydroxylation is 1. The van der Waals surface area contributed by atoms with Crippen molar-refractivity contribution in [3.05, 3.63) is 29.3 Å². The largest absolute Gasteiger partial charge is 0.494 e. The maximum Gasteiger partial charge on any atom is 0.494 e. The molecule has 1 atom stereocenters. The molecule has 1 amide bonds. The molecule has 1 aliphatic heterocycles. The van der Waals surface area contributed by atoms with Crippen molar-refractivity contribution in [1.29, 1.82) is 0 Å². The molecule has 2 N–H and O–H groups in total. The van der Waals surface area contributed by atoms with Gasteiger partial charge in [-0.15, -0.1) is 0 Å². The van der Waals surface area contributed by atoms with Gasteiger partial charge in [-0.1, -0.05) is 18.2 Å². The Bertz CT molecular complexity index is 613. The molecule has 0 radical (unpaired) electrons. The van der Waals surface area contributed by atoms with Crippen molar-refractivity contribution in [3.63, 3.8) is 0 Å². The predicted molar refractivity (Wildman–Crippen MR) is 89.1 cm³/mol. The molecule has 1 fully saturated rings. The Kier molecular flexibility index (Phi) is 3.93. The van der Waals surface area contributed by atoms with Crippen LogP contribution in [0.5, 0.6) is 0 Å². The van der Waals surface area contributed by atoms with Crippen molar-refractivity contribution in [1.82, 2.24) is 5.32 Å². The second kappa shape index (κ2) is 5.53. The van der Waals surface area contributed by atoms with Crippen LogP contribution in [0, 0.1) is 0 Å². The van der Waals surface area contributed by atoms with E-state index in [0.29, 0.717) is 0 Å². The molecule has 1 aliphatic carbocycles. The van der Waals surface area contributed by atoms with E-state index < -0.39 is 6.09 Å². The van der Waals surface area contributed by atoms with Crippen molar-refractivity contribution in [2.24, 2.45) is 0 Å². The summed E-state index contributed by atoms with van der Waals surface area (Å²) in [5.74, 6) is 0. The molecule has 0 spiro atoms. The molecule has 0 aromatic heterocycles. The number of carboxylic acid groups (broad SMARTS) is 1. The molecule has 1 aromatic carbocycles. The molecule has 1 unspecified atom stereocenters. The summed E-state index contributed by atoms with van der Waals surface area (Å²) in [7, 11) is -0.347. The van der Waals surface area contributed by atoms with Crippen LogP contribution in [0.15, 0.2) is 18.2 Å². The van der Waals surface area contributed by atoms with Crippen molar-refractivity contribution in [2.45, 2.75) is 64.2 Å². The van der Waals surface area contributed by atoms with Crippen LogP contribution < -0.4 is 10.8 Å². The Hall–Kier alpha value is -1.53. The number of carbonyl (C=O) groups is 1. The minimum absolute atomic E-state index is 0.00250. The highest BCUT2D eigenvalue weighted by molar-refractivity contribution is 6.62. The van der Waals surface area contributed by atoms with Gasteiger partial charge in [0, 0.05) is 6.04 Å². The van der Waals surface area contributed by atoms with Gasteiger partial charge in [0.25, 0.3) is 0 Å². The van der Waals surface area contributed by atoms with Crippen LogP contribution in [0.4, 0.5) is 4.79 Å². The monoisotopic (exact) mass is 317 g/mol. The lowest BCUT2D eigenvalue weighted by Gasteiger charge is -2.32. The fourth-order valence-electron chi connectivity index (χ4n) is 3.20. The highest BCUT2D eigenvalue weighted by Gasteiger charge is 2.51. The van der Waals surface area contributed by atoms with Crippen LogP contribution in [-0.2, 0) is 22.2 Å². The zero-order valence-corrected chi connectivity index (χ0v) is 14.2. The molecule has 23 heavy (non-hydrogen) atoms. The Morgan fingerprint density at radius 3 is 2.48 bits per heavy atom. The summed E-state index contributed by atoms with van der Waals surface area (Å²) >= 11 is 0. The Labute approximate surface area is 137 Å². The lowest BCUT2D eigenvalue weighted by molar-refractivity contribution is 0.00578. The summed E-state index contributed by atoms with van der Waals surface area (Å²) in [5, 5.41) is 11.4. The van der Waals surface area contributed by atoms with E-state index in [1.54, 1.807) is 0 Å². The number of rotatable bonds is 2. The Balaban J connectivity index is 1.77. The van der Waals surface area contributed by atoms with E-state index in [-0.39, 0.29) is 24.4 Å². The van der Waals surface area contributed by atoms with Gasteiger partial charge in [-0.3, -0.25) is 0 Å². The minimum Gasteiger partial charge on any atom is -0.465 e. The summed E-state index contributed by atoms with van der Waals surface area (Å²) < 4.78 is 12.2. The standard InChI is InChI=1S/C17H24BNO4/c1-16(2)17(3,4)23-18(22-16)13-7-5-12-10-14(19-15(20)21)8-6-11(12)9-13/h5,7,9,14,19H,6,8,10H2,1-4H3,(H,20,21). The van der Waals surface area contributed by atoms with Crippen LogP contribution >= 0.6 is 0 Å². The van der Waals surface area contributed by atoms with Gasteiger partial charge in [0.1, 0.15) is 0 Å². The van der Waals surface area contributed by atoms with Gasteiger partial charge in [-0.25, -0.2) is 4.79 Å². The average molecular weight is 317 g/mol. The minimum atomic E-state index is -0.952. The lowest BCUT2D eigenvalue weighted by Crippen LogP contribution is -2.41. The molecule has 0 bridgehead atoms. The van der Waals surface area contributed by atoms with Crippen LogP contribution in [0.3, 0.4) is 0 Å². The van der Waals surface area contributed by atoms with Gasteiger partial charge in [0.05, 0.1) is 11.2 Å². The van der Waals surface area contributed by atoms with Crippen molar-refractivity contribution >= 4 is 18.7 Å². The Morgan fingerprint density at radius 1 is 1.22 bits per heavy atom. The summed E-state index contributed by atoms with van der Waals surface area (Å²) in [6.45, 7) is 8.20. The molecule has 2 aliphatic rings. The smallest absolute Gasteiger partial charge is 0.465 e. The molecule has 1 aromatic rings. The first kappa shape index (κ1) is 16.3. The lowest BCUT2D eigenvalue weighted by atomic mass is 9.75. The molecule has 3 rings (SSSR count). The van der Waals surface area contributed by atoms with E-state index in [1.807, 2.05) is 33.8 Å². The molecule has 1 saturated heterocycles. The molecule has 6 heteroatoms. The second-order valence-electron chi connectivity index (χ2n) is 7.51. The van der Waals surface area contributed by atoms with E-state index in [1.165, 1.54) is 11.1 Å². The first-order valence-corrected chi connectivity index (χ1v) is 8.15. The maximum atomic E-state index is 10.8. The summed E-state index contributed by atoms with van der Waals surface area (Å²) in [6.07, 6.45) is 1.48. The van der Waals surface area contributed by atoms with Crippen LogP contribution in [0.2, 0.25) is 0 Å². The van der Waals surface area contributed by atoms with Gasteiger partial charge >= 0.3 is 13.2 Å². The molecule has 5 nitrogen and oxygen atoms in total. The second-order valence-corrected chi connectivity index (χ2v) is 7.51. The summed E-state index contributed by atoms with van der Waals surface area (Å²) in [6, 6.07) is 6.26. The predicted octanol–water partition coefficient (Wildman–Crippen LogP) is 2.11. The number of hydrogen-bond donors (Lipinski definition) is 2. The van der Waals surface area contributed by atoms with Gasteiger partial charge in [0.15, 0.2) is 0 Å². The highest BCUT2D eigenvalue weighted by Crippen LogP contribution is 2.36. The SMILES string of the molecule is CC1(C)OB(c2ccc3c(c2)CCC(NC(=O)O)C3)OC1(C)C. The molecular formula is C17H24BNO4. The third-order valence-electron chi connectivity index (χ3n) is 5.31. The van der Waals surface area contributed by atoms with E-state index in [4.69, 9.17) is 14.4 Å². The quantitative estimate of drug-likeness (QED) is 0.820. The van der Waals surface area contributed by atoms with E-state index in [0.717, 1.165) is 24.7 Å². The third-order valence-corrected chi connectivity index (χ3v) is 5.31. The zero-order chi connectivity index (χ0) is 16.8. The van der Waals surface area contributed by atoms with Crippen molar-refractivity contribution in [3.8, 4) is 0 Å². The van der Waals surface area contributed by atoms with Crippen LogP contribution in [0.1, 0.15) is 45.2 Å². The van der Waals surface area contributed by atoms with Crippen LogP contribution in [-0.4, -0.2) is 35.6 Å². The van der Waals surface area contributed by atoms with E-state index >= 15 is 0 Å². The maximum absolute atomic E-state index is 10.8. The third kappa shape index (κ3) is 3.10. The van der Waals surface area contributed by atoms with E-state index in [2.05, 4.69) is 17.4 Å². The first-order chi connectivity index (χ1) is 10.7. The number of amides is 1. The van der Waals surface area contributed by atoms with Gasteiger partial charge in [-0.05, 0) is 63.5 Å². The van der Waals surface area contributed by atoms with Crippen LogP contribution in [0.25, 0.3) is 0 Å². The van der Waals surface area contributed by atoms with Gasteiger partial charge < -0.3 is 19.7 Å². The number of nitrogens with one attached hydrogen (secondary N) is 1. The highest BCUT2D eigenvalue weighted by atomic mass is 16.7. The molecular weight excluding hydrogens is 293 g/mol. The number of fused-ring (bicyclic) bond motifs is 1. The summed E-state index contributed by atoms with van der Waals surface area (Å²) in [4.78, 5) is 10.8. The fourth-order valence-corrected chi connectivity index (χ4v) is 3.20. The summed E-state index contributed by atoms with van der Waals surface area (Å²) in [5.41, 5.74) is 2.82. The number of benzene rings is 1. The molecule has 0 saturated carbocycles. The normalized spacial score (nSPS) is 25.0. The average Bonchev–Trinajstić information content (AvgIpc) is 2.66. The first-order valence-electron chi connectivity index (χ1n) is 8.15. The van der Waals surface area contributed by atoms with Gasteiger partial charge in [0.2, 0.25) is 0 Å². The topological polar surface area (TPSA) is 67.8 Å². The van der Waals surface area contributed by atoms with Crippen molar-refractivity contribution in [2.75, 3.05) is 0 Å². The van der Waals surface area contributed by atoms with E-state index in [9.17, 15) is 4.79 Å². The number of hydrogen-bond acceptors (Lipinski definition) is 3. The molecule has 1 heterocycles.